The quantitative estimate of drug-likeness (QED) is 0.731. The van der Waals surface area contributed by atoms with E-state index in [1.165, 1.54) is 0 Å². The van der Waals surface area contributed by atoms with Gasteiger partial charge in [0, 0.05) is 0 Å². The number of hydrogen-bond donors (Lipinski definition) is 1. The molecule has 6 heteroatoms. The average molecular weight is 191 g/mol. The zero-order valence-electron chi connectivity index (χ0n) is 6.44. The largest absolute Gasteiger partial charge is 0.476 e. The molecule has 0 saturated heterocycles. The van der Waals surface area contributed by atoms with Crippen LogP contribution in [0, 0.1) is 24.4 Å². The summed E-state index contributed by atoms with van der Waals surface area (Å²) in [7, 11) is 0. The first kappa shape index (κ1) is 9.50. The molecular weight excluding hydrogens is 187 g/mol. The lowest BCUT2D eigenvalue weighted by atomic mass is 10.2. The van der Waals surface area contributed by atoms with Gasteiger partial charge in [0.05, 0.1) is 5.69 Å². The van der Waals surface area contributed by atoms with Gasteiger partial charge in [0.1, 0.15) is 0 Å². The van der Waals surface area contributed by atoms with Gasteiger partial charge in [0.25, 0.3) is 0 Å². The van der Waals surface area contributed by atoms with E-state index in [4.69, 9.17) is 5.11 Å². The molecule has 0 radical (unpaired) electrons. The molecule has 0 fully saturated rings. The van der Waals surface area contributed by atoms with Crippen LogP contribution in [0.5, 0.6) is 0 Å². The number of aromatic carboxylic acids is 1. The number of hydrogen-bond acceptors (Lipinski definition) is 2. The summed E-state index contributed by atoms with van der Waals surface area (Å²) in [4.78, 5) is 13.3. The molecule has 1 aromatic heterocycles. The minimum absolute atomic E-state index is 0.490. The van der Waals surface area contributed by atoms with Gasteiger partial charge in [-0.05, 0) is 6.92 Å². The molecule has 0 saturated carbocycles. The molecule has 0 aliphatic heterocycles. The minimum Gasteiger partial charge on any atom is -0.476 e. The lowest BCUT2D eigenvalue weighted by Gasteiger charge is -2.01. The summed E-state index contributed by atoms with van der Waals surface area (Å²) in [6.45, 7) is 1.05. The summed E-state index contributed by atoms with van der Waals surface area (Å²) in [5.74, 6) is -6.80. The Kier molecular flexibility index (Phi) is 2.22. The normalized spacial score (nSPS) is 10.2. The van der Waals surface area contributed by atoms with Crippen LogP contribution >= 0.6 is 0 Å². The van der Waals surface area contributed by atoms with Crippen LogP contribution in [-0.4, -0.2) is 16.1 Å². The van der Waals surface area contributed by atoms with E-state index >= 15 is 0 Å². The van der Waals surface area contributed by atoms with Crippen molar-refractivity contribution in [3.8, 4) is 0 Å². The predicted octanol–water partition coefficient (Wildman–Crippen LogP) is 1.51. The summed E-state index contributed by atoms with van der Waals surface area (Å²) in [6, 6.07) is 0. The number of aryl methyl sites for hydroxylation is 1. The van der Waals surface area contributed by atoms with Gasteiger partial charge >= 0.3 is 5.97 Å². The molecular formula is C7H4F3NO2. The second-order valence-corrected chi connectivity index (χ2v) is 2.29. The second-order valence-electron chi connectivity index (χ2n) is 2.29. The molecule has 3 nitrogen and oxygen atoms in total. The van der Waals surface area contributed by atoms with Crippen LogP contribution < -0.4 is 0 Å². The van der Waals surface area contributed by atoms with Gasteiger partial charge < -0.3 is 5.11 Å². The number of rotatable bonds is 1. The van der Waals surface area contributed by atoms with Gasteiger partial charge in [-0.15, -0.1) is 0 Å². The van der Waals surface area contributed by atoms with Gasteiger partial charge in [0.2, 0.25) is 0 Å². The van der Waals surface area contributed by atoms with Gasteiger partial charge in [0.15, 0.2) is 23.1 Å². The first-order valence-corrected chi connectivity index (χ1v) is 3.19. The summed E-state index contributed by atoms with van der Waals surface area (Å²) >= 11 is 0. The highest BCUT2D eigenvalue weighted by molar-refractivity contribution is 5.85. The predicted molar refractivity (Wildman–Crippen MR) is 35.8 cm³/mol. The Morgan fingerprint density at radius 2 is 1.77 bits per heavy atom. The first-order valence-electron chi connectivity index (χ1n) is 3.19. The maximum atomic E-state index is 12.6. The zero-order chi connectivity index (χ0) is 10.2. The van der Waals surface area contributed by atoms with Crippen LogP contribution in [0.4, 0.5) is 13.2 Å². The number of carboxylic acid groups (broad SMARTS) is 1. The maximum Gasteiger partial charge on any atom is 0.357 e. The van der Waals surface area contributed by atoms with Gasteiger partial charge in [-0.3, -0.25) is 0 Å². The molecule has 1 heterocycles. The number of halogens is 3. The van der Waals surface area contributed by atoms with Crippen molar-refractivity contribution < 1.29 is 23.1 Å². The van der Waals surface area contributed by atoms with Crippen LogP contribution in [0.15, 0.2) is 0 Å². The minimum atomic E-state index is -1.81. The number of aromatic nitrogens is 1. The van der Waals surface area contributed by atoms with E-state index in [9.17, 15) is 18.0 Å². The van der Waals surface area contributed by atoms with Crippen LogP contribution in [0.2, 0.25) is 0 Å². The average Bonchev–Trinajstić information content (AvgIpc) is 2.07. The molecule has 70 valence electrons. The Balaban J connectivity index is 3.50. The van der Waals surface area contributed by atoms with Gasteiger partial charge in [-0.25, -0.2) is 22.9 Å². The van der Waals surface area contributed by atoms with Crippen molar-refractivity contribution >= 4 is 5.97 Å². The highest BCUT2D eigenvalue weighted by atomic mass is 19.2. The SMILES string of the molecule is Cc1nc(C(=O)O)c(F)c(F)c1F. The monoisotopic (exact) mass is 191 g/mol. The van der Waals surface area contributed by atoms with E-state index in [0.29, 0.717) is 0 Å². The highest BCUT2D eigenvalue weighted by Gasteiger charge is 2.22. The van der Waals surface area contributed by atoms with Crippen molar-refractivity contribution in [3.05, 3.63) is 28.8 Å². The first-order chi connectivity index (χ1) is 5.95. The van der Waals surface area contributed by atoms with E-state index in [-0.39, 0.29) is 0 Å². The third kappa shape index (κ3) is 1.47. The van der Waals surface area contributed by atoms with Crippen molar-refractivity contribution in [2.45, 2.75) is 6.92 Å². The summed E-state index contributed by atoms with van der Waals surface area (Å²) < 4.78 is 37.8. The molecule has 0 spiro atoms. The van der Waals surface area contributed by atoms with Crippen LogP contribution in [0.3, 0.4) is 0 Å². The highest BCUT2D eigenvalue weighted by Crippen LogP contribution is 2.15. The molecule has 0 amide bonds. The maximum absolute atomic E-state index is 12.6. The molecule has 0 atom stereocenters. The molecule has 1 aromatic rings. The van der Waals surface area contributed by atoms with E-state index < -0.39 is 34.8 Å². The van der Waals surface area contributed by atoms with E-state index in [1.807, 2.05) is 0 Å². The fraction of sp³-hybridized carbons (Fsp3) is 0.143. The zero-order valence-corrected chi connectivity index (χ0v) is 6.44. The second kappa shape index (κ2) is 3.04. The molecule has 0 aromatic carbocycles. The van der Waals surface area contributed by atoms with Crippen molar-refractivity contribution in [1.82, 2.24) is 4.98 Å². The molecule has 0 bridgehead atoms. The molecule has 0 aliphatic rings. The van der Waals surface area contributed by atoms with E-state index in [1.54, 1.807) is 0 Å². The van der Waals surface area contributed by atoms with Crippen LogP contribution in [0.25, 0.3) is 0 Å². The van der Waals surface area contributed by atoms with Crippen molar-refractivity contribution in [1.29, 1.82) is 0 Å². The lowest BCUT2D eigenvalue weighted by Crippen LogP contribution is -2.10. The smallest absolute Gasteiger partial charge is 0.357 e. The number of carbonyl (C=O) groups is 1. The molecule has 0 aliphatic carbocycles. The van der Waals surface area contributed by atoms with Crippen molar-refractivity contribution in [3.63, 3.8) is 0 Å². The van der Waals surface area contributed by atoms with Gasteiger partial charge in [-0.1, -0.05) is 0 Å². The third-order valence-electron chi connectivity index (χ3n) is 1.39. The Bertz CT molecular complexity index is 378. The summed E-state index contributed by atoms with van der Waals surface area (Å²) in [5.41, 5.74) is -1.60. The third-order valence-corrected chi connectivity index (χ3v) is 1.39. The van der Waals surface area contributed by atoms with Crippen molar-refractivity contribution in [2.24, 2.45) is 0 Å². The number of pyridine rings is 1. The van der Waals surface area contributed by atoms with Crippen LogP contribution in [-0.2, 0) is 0 Å². The Morgan fingerprint density at radius 1 is 1.23 bits per heavy atom. The molecule has 13 heavy (non-hydrogen) atoms. The Labute approximate surface area is 70.8 Å². The fourth-order valence-electron chi connectivity index (χ4n) is 0.767. The van der Waals surface area contributed by atoms with E-state index in [2.05, 4.69) is 4.98 Å². The fourth-order valence-corrected chi connectivity index (χ4v) is 0.767. The number of nitrogens with zero attached hydrogens (tertiary/aromatic N) is 1. The standard InChI is InChI=1S/C7H4F3NO2/c1-2-3(8)4(9)5(10)6(11-2)7(12)13/h1H3,(H,12,13). The molecule has 0 unspecified atom stereocenters. The van der Waals surface area contributed by atoms with Crippen molar-refractivity contribution in [2.75, 3.05) is 0 Å². The topological polar surface area (TPSA) is 50.2 Å². The Hall–Kier alpha value is -1.59. The van der Waals surface area contributed by atoms with Gasteiger partial charge in [-0.2, -0.15) is 0 Å². The van der Waals surface area contributed by atoms with E-state index in [0.717, 1.165) is 6.92 Å². The van der Waals surface area contributed by atoms with Crippen LogP contribution in [0.1, 0.15) is 16.2 Å². The Morgan fingerprint density at radius 3 is 2.23 bits per heavy atom. The molecule has 1 rings (SSSR count). The summed E-state index contributed by atoms with van der Waals surface area (Å²) in [6.07, 6.45) is 0. The lowest BCUT2D eigenvalue weighted by molar-refractivity contribution is 0.0682. The molecule has 1 N–H and O–H groups in total. The number of carboxylic acids is 1. The summed E-state index contributed by atoms with van der Waals surface area (Å²) in [5, 5.41) is 8.31.